The Morgan fingerprint density at radius 1 is 1.50 bits per heavy atom. The topological polar surface area (TPSA) is 27.1 Å². The van der Waals surface area contributed by atoms with Crippen molar-refractivity contribution in [3.05, 3.63) is 46.9 Å². The molecule has 0 amide bonds. The zero-order valence-electron chi connectivity index (χ0n) is 10.1. The molecule has 0 saturated carbocycles. The molecule has 0 radical (unpaired) electrons. The van der Waals surface area contributed by atoms with E-state index in [1.165, 1.54) is 17.8 Å². The summed E-state index contributed by atoms with van der Waals surface area (Å²) in [4.78, 5) is 1.84. The summed E-state index contributed by atoms with van der Waals surface area (Å²) < 4.78 is 13.4. The van der Waals surface area contributed by atoms with E-state index in [0.29, 0.717) is 21.4 Å². The summed E-state index contributed by atoms with van der Waals surface area (Å²) in [6, 6.07) is 4.60. The normalized spacial score (nSPS) is 10.2. The minimum absolute atomic E-state index is 0. The lowest BCUT2D eigenvalue weighted by Gasteiger charge is -2.06. The van der Waals surface area contributed by atoms with Gasteiger partial charge in [0, 0.05) is 36.6 Å². The third-order valence-corrected chi connectivity index (χ3v) is 3.19. The molecule has 1 rings (SSSR count). The second kappa shape index (κ2) is 8.40. The number of nitrogens with one attached hydrogen (secondary N) is 1. The summed E-state index contributed by atoms with van der Waals surface area (Å²) in [5, 5.41) is 8.43. The predicted molar refractivity (Wildman–Crippen MR) is 73.3 cm³/mol. The van der Waals surface area contributed by atoms with E-state index in [1.807, 2.05) is 19.0 Å². The predicted octanol–water partition coefficient (Wildman–Crippen LogP) is 0.769. The standard InChI is InChI=1S/C12H14ClFN2S.ClH/c1-16(2)7-6-12(15)17-8-9-10(13)4-3-5-11(9)14;/h3-7,15H,8H2,1-2H3;1H/p-1/b7-6+,15-12?;. The van der Waals surface area contributed by atoms with Gasteiger partial charge in [-0.3, -0.25) is 5.41 Å². The van der Waals surface area contributed by atoms with Crippen LogP contribution in [0.25, 0.3) is 0 Å². The van der Waals surface area contributed by atoms with Crippen LogP contribution in [0.3, 0.4) is 0 Å². The van der Waals surface area contributed by atoms with E-state index in [1.54, 1.807) is 24.4 Å². The monoisotopic (exact) mass is 307 g/mol. The van der Waals surface area contributed by atoms with Crippen molar-refractivity contribution in [2.24, 2.45) is 0 Å². The van der Waals surface area contributed by atoms with Gasteiger partial charge in [0.2, 0.25) is 0 Å². The maximum Gasteiger partial charge on any atom is 0.128 e. The highest BCUT2D eigenvalue weighted by molar-refractivity contribution is 8.13. The lowest BCUT2D eigenvalue weighted by atomic mass is 10.2. The molecule has 0 aromatic heterocycles. The third-order valence-electron chi connectivity index (χ3n) is 1.96. The summed E-state index contributed by atoms with van der Waals surface area (Å²) in [6.45, 7) is 0. The van der Waals surface area contributed by atoms with E-state index >= 15 is 0 Å². The number of rotatable bonds is 4. The molecule has 0 fully saturated rings. The second-order valence-electron chi connectivity index (χ2n) is 3.63. The lowest BCUT2D eigenvalue weighted by molar-refractivity contribution is -0.00000421. The molecule has 1 N–H and O–H groups in total. The molecule has 0 spiro atoms. The van der Waals surface area contributed by atoms with Crippen LogP contribution >= 0.6 is 23.4 Å². The molecule has 0 unspecified atom stereocenters. The van der Waals surface area contributed by atoms with Crippen LogP contribution in [0.15, 0.2) is 30.5 Å². The van der Waals surface area contributed by atoms with Crippen molar-refractivity contribution in [3.63, 3.8) is 0 Å². The fourth-order valence-electron chi connectivity index (χ4n) is 1.09. The molecule has 0 bridgehead atoms. The first kappa shape index (κ1) is 17.3. The van der Waals surface area contributed by atoms with Crippen LogP contribution in [-0.4, -0.2) is 24.0 Å². The van der Waals surface area contributed by atoms with Gasteiger partial charge in [0.25, 0.3) is 0 Å². The minimum Gasteiger partial charge on any atom is -1.00 e. The Morgan fingerprint density at radius 2 is 2.17 bits per heavy atom. The van der Waals surface area contributed by atoms with E-state index in [4.69, 9.17) is 17.0 Å². The van der Waals surface area contributed by atoms with Gasteiger partial charge in [0.1, 0.15) is 5.82 Å². The molecule has 18 heavy (non-hydrogen) atoms. The van der Waals surface area contributed by atoms with Gasteiger partial charge in [-0.1, -0.05) is 17.7 Å². The van der Waals surface area contributed by atoms with Crippen molar-refractivity contribution in [1.82, 2.24) is 4.90 Å². The largest absolute Gasteiger partial charge is 1.00 e. The van der Waals surface area contributed by atoms with Gasteiger partial charge >= 0.3 is 0 Å². The Labute approximate surface area is 122 Å². The molecule has 0 atom stereocenters. The summed E-state index contributed by atoms with van der Waals surface area (Å²) in [5.41, 5.74) is 0.446. The zero-order valence-corrected chi connectivity index (χ0v) is 12.4. The van der Waals surface area contributed by atoms with Crippen LogP contribution in [0.1, 0.15) is 5.56 Å². The maximum absolute atomic E-state index is 13.4. The maximum atomic E-state index is 13.4. The van der Waals surface area contributed by atoms with Crippen LogP contribution in [0.4, 0.5) is 4.39 Å². The Hall–Kier alpha value is -0.710. The summed E-state index contributed by atoms with van der Waals surface area (Å²) in [5.74, 6) is 0.0386. The fraction of sp³-hybridized carbons (Fsp3) is 0.250. The van der Waals surface area contributed by atoms with E-state index in [2.05, 4.69) is 0 Å². The molecule has 0 saturated heterocycles. The van der Waals surface area contributed by atoms with Crippen LogP contribution in [0.2, 0.25) is 5.02 Å². The fourth-order valence-corrected chi connectivity index (χ4v) is 2.14. The molecule has 0 aliphatic rings. The number of thioether (sulfide) groups is 1. The Kier molecular flexibility index (Phi) is 8.07. The number of hydrogen-bond acceptors (Lipinski definition) is 3. The number of hydrogen-bond donors (Lipinski definition) is 1. The molecule has 0 aliphatic heterocycles. The molecular weight excluding hydrogens is 294 g/mol. The van der Waals surface area contributed by atoms with Crippen molar-refractivity contribution in [2.75, 3.05) is 14.1 Å². The molecular formula is C12H14Cl2FN2S-. The van der Waals surface area contributed by atoms with Crippen molar-refractivity contribution in [3.8, 4) is 0 Å². The zero-order chi connectivity index (χ0) is 12.8. The van der Waals surface area contributed by atoms with Crippen molar-refractivity contribution in [1.29, 1.82) is 5.41 Å². The van der Waals surface area contributed by atoms with Crippen molar-refractivity contribution < 1.29 is 16.8 Å². The number of halogens is 3. The first-order chi connectivity index (χ1) is 8.00. The Balaban J connectivity index is 0.00000289. The van der Waals surface area contributed by atoms with Gasteiger partial charge in [-0.05, 0) is 18.2 Å². The highest BCUT2D eigenvalue weighted by atomic mass is 35.5. The van der Waals surface area contributed by atoms with Crippen LogP contribution in [0.5, 0.6) is 0 Å². The quantitative estimate of drug-likeness (QED) is 0.657. The summed E-state index contributed by atoms with van der Waals surface area (Å²) in [6.07, 6.45) is 3.44. The minimum atomic E-state index is -0.325. The Morgan fingerprint density at radius 3 is 2.72 bits per heavy atom. The first-order valence-corrected chi connectivity index (χ1v) is 6.36. The van der Waals surface area contributed by atoms with Crippen molar-refractivity contribution in [2.45, 2.75) is 5.75 Å². The SMILES string of the molecule is CN(C)/C=C/C(=N)SCc1c(F)cccc1Cl.[Cl-]. The van der Waals surface area contributed by atoms with Gasteiger partial charge in [-0.25, -0.2) is 4.39 Å². The van der Waals surface area contributed by atoms with Gasteiger partial charge in [0.15, 0.2) is 0 Å². The first-order valence-electron chi connectivity index (χ1n) is 4.99. The number of benzene rings is 1. The van der Waals surface area contributed by atoms with Gasteiger partial charge < -0.3 is 17.3 Å². The van der Waals surface area contributed by atoms with E-state index in [9.17, 15) is 4.39 Å². The summed E-state index contributed by atoms with van der Waals surface area (Å²) >= 11 is 7.14. The second-order valence-corrected chi connectivity index (χ2v) is 5.06. The van der Waals surface area contributed by atoms with Gasteiger partial charge in [0.05, 0.1) is 5.04 Å². The molecule has 6 heteroatoms. The average molecular weight is 308 g/mol. The Bertz CT molecular complexity index is 416. The molecule has 2 nitrogen and oxygen atoms in total. The van der Waals surface area contributed by atoms with Crippen molar-refractivity contribution >= 4 is 28.4 Å². The van der Waals surface area contributed by atoms with Gasteiger partial charge in [-0.15, -0.1) is 11.8 Å². The molecule has 1 aromatic carbocycles. The molecule has 1 aromatic rings. The lowest BCUT2D eigenvalue weighted by Crippen LogP contribution is -3.00. The highest BCUT2D eigenvalue weighted by Gasteiger charge is 2.07. The van der Waals surface area contributed by atoms with Crippen LogP contribution in [-0.2, 0) is 5.75 Å². The molecule has 0 aliphatic carbocycles. The van der Waals surface area contributed by atoms with Crippen LogP contribution in [0, 0.1) is 11.2 Å². The van der Waals surface area contributed by atoms with E-state index in [0.717, 1.165) is 0 Å². The molecule has 0 heterocycles. The highest BCUT2D eigenvalue weighted by Crippen LogP contribution is 2.24. The molecule has 100 valence electrons. The summed E-state index contributed by atoms with van der Waals surface area (Å²) in [7, 11) is 3.75. The number of nitrogens with zero attached hydrogens (tertiary/aromatic N) is 1. The van der Waals surface area contributed by atoms with E-state index in [-0.39, 0.29) is 18.2 Å². The van der Waals surface area contributed by atoms with Gasteiger partial charge in [-0.2, -0.15) is 0 Å². The average Bonchev–Trinajstić information content (AvgIpc) is 2.25. The smallest absolute Gasteiger partial charge is 0.128 e. The van der Waals surface area contributed by atoms with E-state index < -0.39 is 0 Å². The third kappa shape index (κ3) is 5.76. The van der Waals surface area contributed by atoms with Crippen LogP contribution < -0.4 is 12.4 Å².